The molecule has 0 nitrogen and oxygen atoms in total. The smallest absolute Gasteiger partial charge is 0.0658 e. The Hall–Kier alpha value is 0.217. The van der Waals surface area contributed by atoms with E-state index in [1.807, 2.05) is 0 Å². The Kier molecular flexibility index (Phi) is 4.40. The van der Waals surface area contributed by atoms with Crippen LogP contribution in [0.1, 0.15) is 14.3 Å². The van der Waals surface area contributed by atoms with E-state index in [2.05, 4.69) is 6.92 Å². The zero-order valence-corrected chi connectivity index (χ0v) is 5.83. The molecule has 0 aromatic carbocycles. The molecular formula is C4H12Si+. The predicted molar refractivity (Wildman–Crippen MR) is 30.4 cm³/mol. The van der Waals surface area contributed by atoms with E-state index in [0.717, 1.165) is 6.42 Å². The molecule has 0 heterocycles. The van der Waals surface area contributed by atoms with Crippen LogP contribution in [0.3, 0.4) is 0 Å². The zero-order valence-electron chi connectivity index (χ0n) is 4.83. The molecule has 0 N–H and O–H groups in total. The molecule has 1 radical (unpaired) electrons. The van der Waals surface area contributed by atoms with Crippen molar-refractivity contribution < 1.29 is 1.43 Å². The molecule has 0 spiro atoms. The molecule has 5 heavy (non-hydrogen) atoms. The van der Waals surface area contributed by atoms with Gasteiger partial charge in [-0.15, -0.1) is 0 Å². The van der Waals surface area contributed by atoms with Crippen molar-refractivity contribution >= 4 is 10.2 Å². The van der Waals surface area contributed by atoms with Gasteiger partial charge in [0.15, 0.2) is 0 Å². The summed E-state index contributed by atoms with van der Waals surface area (Å²) in [6.07, 6.45) is 2.47. The molecule has 0 aromatic heterocycles. The summed E-state index contributed by atoms with van der Waals surface area (Å²) in [7, 11) is 1.36. The summed E-state index contributed by atoms with van der Waals surface area (Å²) in [4.78, 5) is 0. The second-order valence-electron chi connectivity index (χ2n) is 1.21. The van der Waals surface area contributed by atoms with Crippen LogP contribution >= 0.6 is 0 Å². The first-order chi connectivity index (χ1) is 2.41. The van der Waals surface area contributed by atoms with Crippen molar-refractivity contribution in [1.29, 1.82) is 0 Å². The van der Waals surface area contributed by atoms with Gasteiger partial charge in [0.1, 0.15) is 0 Å². The molecule has 0 fully saturated rings. The van der Waals surface area contributed by atoms with Gasteiger partial charge in [-0.05, 0) is 0 Å². The fraction of sp³-hybridized carbons (Fsp3) is 0.750. The van der Waals surface area contributed by atoms with Gasteiger partial charge in [-0.2, -0.15) is 0 Å². The highest BCUT2D eigenvalue weighted by molar-refractivity contribution is 6.08. The van der Waals surface area contributed by atoms with Crippen molar-refractivity contribution in [2.45, 2.75) is 18.9 Å². The minimum Gasteiger partial charge on any atom is -0.0658 e. The highest BCUT2D eigenvalue weighted by Crippen LogP contribution is 1.86. The molecule has 0 aliphatic heterocycles. The Morgan fingerprint density at radius 2 is 2.40 bits per heavy atom. The van der Waals surface area contributed by atoms with Crippen LogP contribution in [-0.2, 0) is 0 Å². The third-order valence-electron chi connectivity index (χ3n) is 0.604. The van der Waals surface area contributed by atoms with Crippen LogP contribution in [0.5, 0.6) is 0 Å². The quantitative estimate of drug-likeness (QED) is 0.431. The predicted octanol–water partition coefficient (Wildman–Crippen LogP) is 0.497. The summed E-state index contributed by atoms with van der Waals surface area (Å²) in [6.45, 7) is 3.70. The lowest BCUT2D eigenvalue weighted by molar-refractivity contribution is 0.953. The summed E-state index contributed by atoms with van der Waals surface area (Å²) in [5, 5.41) is 0. The number of unbranched alkanes of at least 4 members (excludes halogenated alkanes) is 1. The minimum atomic E-state index is 0. The van der Waals surface area contributed by atoms with Crippen molar-refractivity contribution in [3.63, 3.8) is 0 Å². The van der Waals surface area contributed by atoms with Gasteiger partial charge in [0.25, 0.3) is 0 Å². The Morgan fingerprint density at radius 3 is 2.40 bits per heavy atom. The number of hydrogen-bond donors (Lipinski definition) is 0. The monoisotopic (exact) mass is 88.1 g/mol. The Balaban J connectivity index is 0. The van der Waals surface area contributed by atoms with E-state index in [1.54, 1.807) is 0 Å². The SMILES string of the molecule is [CH2]CCC[SiH3].[H+]. The van der Waals surface area contributed by atoms with Crippen LogP contribution in [0.25, 0.3) is 0 Å². The van der Waals surface area contributed by atoms with Crippen LogP contribution in [0, 0.1) is 6.92 Å². The zero-order chi connectivity index (χ0) is 4.12. The Labute approximate surface area is 38.5 Å². The van der Waals surface area contributed by atoms with E-state index in [1.165, 1.54) is 22.7 Å². The van der Waals surface area contributed by atoms with Gasteiger partial charge in [-0.25, -0.2) is 0 Å². The molecule has 0 unspecified atom stereocenters. The summed E-state index contributed by atoms with van der Waals surface area (Å²) in [5.74, 6) is 0. The molecule has 0 aromatic rings. The molecular weight excluding hydrogens is 76.1 g/mol. The van der Waals surface area contributed by atoms with Crippen LogP contribution < -0.4 is 0 Å². The maximum absolute atomic E-state index is 3.70. The molecule has 0 aliphatic carbocycles. The largest absolute Gasteiger partial charge is 1.00 e. The molecule has 0 rings (SSSR count). The van der Waals surface area contributed by atoms with Crippen LogP contribution in [0.4, 0.5) is 0 Å². The standard InChI is InChI=1S/C4H11Si/c1-2-3-4-5/h1-4H2,5H3/p+1. The van der Waals surface area contributed by atoms with Gasteiger partial charge in [-0.1, -0.05) is 25.8 Å². The fourth-order valence-electron chi connectivity index (χ4n) is 0.250. The molecule has 31 valence electrons. The van der Waals surface area contributed by atoms with Gasteiger partial charge in [0.2, 0.25) is 0 Å². The van der Waals surface area contributed by atoms with Crippen LogP contribution in [-0.4, -0.2) is 10.2 Å². The first kappa shape index (κ1) is 5.22. The van der Waals surface area contributed by atoms with Crippen LogP contribution in [0.15, 0.2) is 0 Å². The maximum Gasteiger partial charge on any atom is 1.00 e. The summed E-state index contributed by atoms with van der Waals surface area (Å²) in [6, 6.07) is 1.42. The summed E-state index contributed by atoms with van der Waals surface area (Å²) >= 11 is 0. The highest BCUT2D eigenvalue weighted by Gasteiger charge is 1.68. The third-order valence-corrected chi connectivity index (χ3v) is 1.31. The van der Waals surface area contributed by atoms with E-state index in [0.29, 0.717) is 0 Å². The molecule has 0 atom stereocenters. The molecule has 1 heteroatoms. The number of rotatable bonds is 2. The average molecular weight is 88.2 g/mol. The topological polar surface area (TPSA) is 0 Å². The van der Waals surface area contributed by atoms with E-state index in [4.69, 9.17) is 0 Å². The van der Waals surface area contributed by atoms with Crippen molar-refractivity contribution in [3.05, 3.63) is 6.92 Å². The third kappa shape index (κ3) is 4.22. The molecule has 0 saturated heterocycles. The molecule has 0 saturated carbocycles. The van der Waals surface area contributed by atoms with E-state index in [9.17, 15) is 0 Å². The molecule has 0 bridgehead atoms. The maximum atomic E-state index is 3.70. The lowest BCUT2D eigenvalue weighted by atomic mass is 10.4. The van der Waals surface area contributed by atoms with Gasteiger partial charge in [-0.3, -0.25) is 0 Å². The van der Waals surface area contributed by atoms with Crippen molar-refractivity contribution in [1.82, 2.24) is 0 Å². The van der Waals surface area contributed by atoms with E-state index < -0.39 is 0 Å². The lowest BCUT2D eigenvalue weighted by Gasteiger charge is -1.78. The van der Waals surface area contributed by atoms with Crippen molar-refractivity contribution in [2.24, 2.45) is 0 Å². The van der Waals surface area contributed by atoms with Crippen LogP contribution in [0.2, 0.25) is 6.04 Å². The lowest BCUT2D eigenvalue weighted by Crippen LogP contribution is -1.64. The Bertz CT molecular complexity index is 15.0. The molecule has 0 aliphatic rings. The van der Waals surface area contributed by atoms with Crippen molar-refractivity contribution in [2.75, 3.05) is 0 Å². The molecule has 0 amide bonds. The second-order valence-corrected chi connectivity index (χ2v) is 2.21. The summed E-state index contributed by atoms with van der Waals surface area (Å²) in [5.41, 5.74) is 0. The van der Waals surface area contributed by atoms with E-state index in [-0.39, 0.29) is 1.43 Å². The summed E-state index contributed by atoms with van der Waals surface area (Å²) < 4.78 is 0. The highest BCUT2D eigenvalue weighted by atomic mass is 28.1. The normalized spacial score (nSPS) is 9.00. The second kappa shape index (κ2) is 4.22. The van der Waals surface area contributed by atoms with Gasteiger partial charge in [0, 0.05) is 10.2 Å². The first-order valence-corrected chi connectivity index (χ1v) is 3.62. The Morgan fingerprint density at radius 1 is 1.80 bits per heavy atom. The van der Waals surface area contributed by atoms with E-state index >= 15 is 0 Å². The van der Waals surface area contributed by atoms with Crippen molar-refractivity contribution in [3.8, 4) is 0 Å². The first-order valence-electron chi connectivity index (χ1n) is 2.21. The van der Waals surface area contributed by atoms with Gasteiger partial charge < -0.3 is 0 Å². The van der Waals surface area contributed by atoms with Gasteiger partial charge in [0.05, 0.1) is 0 Å². The average Bonchev–Trinajstić information content (AvgIpc) is 1.41. The number of hydrogen-bond acceptors (Lipinski definition) is 0. The minimum absolute atomic E-state index is 0. The fourth-order valence-corrected chi connectivity index (χ4v) is 0.750. The van der Waals surface area contributed by atoms with Gasteiger partial charge >= 0.3 is 1.43 Å².